The predicted octanol–water partition coefficient (Wildman–Crippen LogP) is 3.23. The molecule has 1 amide bonds. The maximum atomic E-state index is 12.1. The molecule has 0 saturated heterocycles. The van der Waals surface area contributed by atoms with Crippen LogP contribution in [0.25, 0.3) is 0 Å². The second-order valence-electron chi connectivity index (χ2n) is 4.04. The van der Waals surface area contributed by atoms with Crippen molar-refractivity contribution < 1.29 is 4.79 Å². The number of benzene rings is 1. The van der Waals surface area contributed by atoms with E-state index in [-0.39, 0.29) is 11.9 Å². The van der Waals surface area contributed by atoms with Crippen LogP contribution >= 0.6 is 24.0 Å². The molecular formula is C13H14N2OS2. The van der Waals surface area contributed by atoms with Gasteiger partial charge in [-0.25, -0.2) is 4.98 Å². The van der Waals surface area contributed by atoms with E-state index in [1.165, 1.54) is 0 Å². The summed E-state index contributed by atoms with van der Waals surface area (Å²) >= 11 is 5.83. The second kappa shape index (κ2) is 5.54. The number of aromatic nitrogens is 1. The number of carbonyl (C=O) groups is 1. The van der Waals surface area contributed by atoms with E-state index in [2.05, 4.69) is 22.9 Å². The van der Waals surface area contributed by atoms with E-state index in [9.17, 15) is 4.79 Å². The van der Waals surface area contributed by atoms with Crippen molar-refractivity contribution in [1.29, 1.82) is 0 Å². The molecule has 3 nitrogen and oxygen atoms in total. The molecule has 0 bridgehead atoms. The number of rotatable bonds is 3. The summed E-state index contributed by atoms with van der Waals surface area (Å²) in [5.74, 6) is -0.124. The topological polar surface area (TPSA) is 42.0 Å². The number of amides is 1. The van der Waals surface area contributed by atoms with Crippen LogP contribution in [0.1, 0.15) is 34.0 Å². The molecule has 1 N–H and O–H groups in total. The van der Waals surface area contributed by atoms with E-state index >= 15 is 0 Å². The Morgan fingerprint density at radius 1 is 1.44 bits per heavy atom. The van der Waals surface area contributed by atoms with Crippen LogP contribution in [-0.2, 0) is 0 Å². The summed E-state index contributed by atoms with van der Waals surface area (Å²) in [5.41, 5.74) is 1.56. The highest BCUT2D eigenvalue weighted by atomic mass is 32.1. The third-order valence-electron chi connectivity index (χ3n) is 2.50. The minimum Gasteiger partial charge on any atom is -0.343 e. The van der Waals surface area contributed by atoms with Crippen molar-refractivity contribution in [2.75, 3.05) is 0 Å². The quantitative estimate of drug-likeness (QED) is 0.846. The molecule has 0 fully saturated rings. The van der Waals surface area contributed by atoms with Gasteiger partial charge in [0.1, 0.15) is 5.01 Å². The van der Waals surface area contributed by atoms with Gasteiger partial charge in [0, 0.05) is 16.0 Å². The summed E-state index contributed by atoms with van der Waals surface area (Å²) in [7, 11) is 0. The van der Waals surface area contributed by atoms with Gasteiger partial charge in [-0.3, -0.25) is 4.79 Å². The predicted molar refractivity (Wildman–Crippen MR) is 76.4 cm³/mol. The van der Waals surface area contributed by atoms with Crippen molar-refractivity contribution in [3.05, 3.63) is 45.9 Å². The zero-order chi connectivity index (χ0) is 13.1. The van der Waals surface area contributed by atoms with Crippen molar-refractivity contribution in [2.45, 2.75) is 24.8 Å². The highest BCUT2D eigenvalue weighted by molar-refractivity contribution is 7.80. The number of nitrogens with zero attached hydrogens (tertiary/aromatic N) is 1. The maximum absolute atomic E-state index is 12.1. The first kappa shape index (κ1) is 13.1. The van der Waals surface area contributed by atoms with Gasteiger partial charge in [-0.1, -0.05) is 12.1 Å². The van der Waals surface area contributed by atoms with E-state index < -0.39 is 0 Å². The minimum absolute atomic E-state index is 0.0934. The van der Waals surface area contributed by atoms with Crippen LogP contribution in [-0.4, -0.2) is 10.9 Å². The summed E-state index contributed by atoms with van der Waals surface area (Å²) in [6.07, 6.45) is 0. The van der Waals surface area contributed by atoms with Crippen molar-refractivity contribution in [1.82, 2.24) is 10.3 Å². The summed E-state index contributed by atoms with van der Waals surface area (Å²) in [4.78, 5) is 17.1. The monoisotopic (exact) mass is 278 g/mol. The highest BCUT2D eigenvalue weighted by Gasteiger charge is 2.15. The third-order valence-corrected chi connectivity index (χ3v) is 4.04. The van der Waals surface area contributed by atoms with E-state index in [0.29, 0.717) is 10.5 Å². The lowest BCUT2D eigenvalue weighted by molar-refractivity contribution is 0.0937. The van der Waals surface area contributed by atoms with Gasteiger partial charge in [-0.15, -0.1) is 24.0 Å². The van der Waals surface area contributed by atoms with Gasteiger partial charge >= 0.3 is 0 Å². The van der Waals surface area contributed by atoms with Gasteiger partial charge in [0.25, 0.3) is 5.91 Å². The summed E-state index contributed by atoms with van der Waals surface area (Å²) < 4.78 is 0. The SMILES string of the molecule is Cc1csc(C(C)NC(=O)c2ccccc2S)n1. The molecule has 5 heteroatoms. The molecule has 1 aromatic carbocycles. The fourth-order valence-electron chi connectivity index (χ4n) is 1.57. The van der Waals surface area contributed by atoms with Crippen LogP contribution in [0.5, 0.6) is 0 Å². The zero-order valence-corrected chi connectivity index (χ0v) is 11.9. The Hall–Kier alpha value is -1.33. The third kappa shape index (κ3) is 2.91. The number of hydrogen-bond acceptors (Lipinski definition) is 4. The van der Waals surface area contributed by atoms with E-state index in [4.69, 9.17) is 0 Å². The summed E-state index contributed by atoms with van der Waals surface area (Å²) in [6.45, 7) is 3.87. The fourth-order valence-corrected chi connectivity index (χ4v) is 2.64. The van der Waals surface area contributed by atoms with E-state index in [1.807, 2.05) is 31.4 Å². The Bertz CT molecular complexity index is 566. The van der Waals surface area contributed by atoms with Crippen molar-refractivity contribution in [3.63, 3.8) is 0 Å². The average Bonchev–Trinajstić information content (AvgIpc) is 2.76. The highest BCUT2D eigenvalue weighted by Crippen LogP contribution is 2.19. The van der Waals surface area contributed by atoms with Crippen LogP contribution < -0.4 is 5.32 Å². The Balaban J connectivity index is 2.10. The van der Waals surface area contributed by atoms with E-state index in [1.54, 1.807) is 23.5 Å². The largest absolute Gasteiger partial charge is 0.343 e. The Labute approximate surface area is 116 Å². The standard InChI is InChI=1S/C13H14N2OS2/c1-8-7-18-13(14-8)9(2)15-12(16)10-5-3-4-6-11(10)17/h3-7,9,17H,1-2H3,(H,15,16). The molecule has 1 heterocycles. The lowest BCUT2D eigenvalue weighted by Gasteiger charge is -2.12. The molecule has 0 aliphatic carbocycles. The van der Waals surface area contributed by atoms with Crippen LogP contribution in [0.2, 0.25) is 0 Å². The van der Waals surface area contributed by atoms with Crippen LogP contribution in [0.4, 0.5) is 0 Å². The number of carbonyl (C=O) groups excluding carboxylic acids is 1. The number of thiol groups is 1. The normalized spacial score (nSPS) is 12.2. The molecule has 18 heavy (non-hydrogen) atoms. The van der Waals surface area contributed by atoms with Gasteiger partial charge in [0.2, 0.25) is 0 Å². The van der Waals surface area contributed by atoms with Crippen molar-refractivity contribution >= 4 is 29.9 Å². The van der Waals surface area contributed by atoms with Crippen LogP contribution in [0.15, 0.2) is 34.5 Å². The molecule has 1 atom stereocenters. The Morgan fingerprint density at radius 3 is 2.78 bits per heavy atom. The summed E-state index contributed by atoms with van der Waals surface area (Å²) in [5, 5.41) is 5.82. The zero-order valence-electron chi connectivity index (χ0n) is 10.2. The maximum Gasteiger partial charge on any atom is 0.252 e. The van der Waals surface area contributed by atoms with Gasteiger partial charge in [0.15, 0.2) is 0 Å². The molecule has 1 aromatic heterocycles. The van der Waals surface area contributed by atoms with Gasteiger partial charge in [0.05, 0.1) is 11.6 Å². The van der Waals surface area contributed by atoms with Gasteiger partial charge in [-0.2, -0.15) is 0 Å². The lowest BCUT2D eigenvalue weighted by atomic mass is 10.2. The van der Waals surface area contributed by atoms with Crippen molar-refractivity contribution in [2.24, 2.45) is 0 Å². The molecule has 0 radical (unpaired) electrons. The number of thiazole rings is 1. The van der Waals surface area contributed by atoms with Crippen molar-refractivity contribution in [3.8, 4) is 0 Å². The number of hydrogen-bond donors (Lipinski definition) is 2. The van der Waals surface area contributed by atoms with E-state index in [0.717, 1.165) is 10.7 Å². The van der Waals surface area contributed by atoms with Crippen LogP contribution in [0.3, 0.4) is 0 Å². The first-order valence-electron chi connectivity index (χ1n) is 5.59. The minimum atomic E-state index is -0.124. The Kier molecular flexibility index (Phi) is 4.04. The number of aryl methyl sites for hydroxylation is 1. The molecule has 0 aliphatic heterocycles. The second-order valence-corrected chi connectivity index (χ2v) is 5.41. The molecule has 2 rings (SSSR count). The molecule has 94 valence electrons. The molecule has 0 aliphatic rings. The summed E-state index contributed by atoms with van der Waals surface area (Å²) in [6, 6.07) is 7.15. The molecule has 2 aromatic rings. The van der Waals surface area contributed by atoms with Gasteiger partial charge < -0.3 is 5.32 Å². The average molecular weight is 278 g/mol. The molecular weight excluding hydrogens is 264 g/mol. The first-order valence-corrected chi connectivity index (χ1v) is 6.91. The van der Waals surface area contributed by atoms with Gasteiger partial charge in [-0.05, 0) is 26.0 Å². The Morgan fingerprint density at radius 2 is 2.17 bits per heavy atom. The van der Waals surface area contributed by atoms with Crippen LogP contribution in [0, 0.1) is 6.92 Å². The first-order chi connectivity index (χ1) is 8.58. The number of nitrogens with one attached hydrogen (secondary N) is 1. The lowest BCUT2D eigenvalue weighted by Crippen LogP contribution is -2.26. The fraction of sp³-hybridized carbons (Fsp3) is 0.231. The molecule has 1 unspecified atom stereocenters. The smallest absolute Gasteiger partial charge is 0.252 e. The molecule has 0 saturated carbocycles. The molecule has 0 spiro atoms.